The maximum atomic E-state index is 12.3. The highest BCUT2D eigenvalue weighted by Crippen LogP contribution is 2.28. The summed E-state index contributed by atoms with van der Waals surface area (Å²) in [4.78, 5) is 36.3. The number of nitrogens with zero attached hydrogens (tertiary/aromatic N) is 2. The van der Waals surface area contributed by atoms with Crippen molar-refractivity contribution in [2.24, 2.45) is 5.92 Å². The van der Waals surface area contributed by atoms with E-state index in [4.69, 9.17) is 0 Å². The smallest absolute Gasteiger partial charge is 0.271 e. The van der Waals surface area contributed by atoms with Crippen LogP contribution in [0.2, 0.25) is 0 Å². The molecule has 0 unspecified atom stereocenters. The zero-order chi connectivity index (χ0) is 17.1. The molecule has 2 aromatic carbocycles. The average Bonchev–Trinajstić information content (AvgIpc) is 2.98. The van der Waals surface area contributed by atoms with E-state index in [1.54, 1.807) is 18.2 Å². The summed E-state index contributed by atoms with van der Waals surface area (Å²) >= 11 is 0. The van der Waals surface area contributed by atoms with E-state index in [2.05, 4.69) is 5.32 Å². The Morgan fingerprint density at radius 3 is 2.62 bits per heavy atom. The predicted molar refractivity (Wildman–Crippen MR) is 88.6 cm³/mol. The number of carbonyl (C=O) groups excluding carboxylic acids is 2. The molecule has 2 aromatic rings. The number of rotatable bonds is 4. The Morgan fingerprint density at radius 2 is 1.92 bits per heavy atom. The average molecular weight is 325 g/mol. The van der Waals surface area contributed by atoms with Crippen LogP contribution in [0, 0.1) is 16.0 Å². The Morgan fingerprint density at radius 1 is 1.17 bits per heavy atom. The van der Waals surface area contributed by atoms with Gasteiger partial charge in [-0.05, 0) is 18.2 Å². The second-order valence-corrected chi connectivity index (χ2v) is 5.54. The third-order valence-electron chi connectivity index (χ3n) is 3.89. The fourth-order valence-corrected chi connectivity index (χ4v) is 2.67. The maximum absolute atomic E-state index is 12.3. The minimum absolute atomic E-state index is 0.0847. The van der Waals surface area contributed by atoms with Gasteiger partial charge in [0, 0.05) is 30.8 Å². The Hall–Kier alpha value is -3.22. The molecule has 0 spiro atoms. The van der Waals surface area contributed by atoms with E-state index in [9.17, 15) is 19.7 Å². The lowest BCUT2D eigenvalue weighted by molar-refractivity contribution is -0.384. The number of nitro groups is 1. The number of anilines is 2. The molecule has 1 N–H and O–H groups in total. The Labute approximate surface area is 138 Å². The van der Waals surface area contributed by atoms with E-state index in [0.717, 1.165) is 0 Å². The summed E-state index contributed by atoms with van der Waals surface area (Å²) in [6, 6.07) is 14.9. The van der Waals surface area contributed by atoms with Crippen LogP contribution in [0.5, 0.6) is 0 Å². The fourth-order valence-electron chi connectivity index (χ4n) is 2.67. The molecular weight excluding hydrogens is 310 g/mol. The lowest BCUT2D eigenvalue weighted by Gasteiger charge is -2.16. The second kappa shape index (κ2) is 6.49. The van der Waals surface area contributed by atoms with Crippen LogP contribution in [0.3, 0.4) is 0 Å². The van der Waals surface area contributed by atoms with Crippen molar-refractivity contribution >= 4 is 28.9 Å². The number of hydrogen-bond acceptors (Lipinski definition) is 4. The third kappa shape index (κ3) is 3.24. The molecule has 0 aromatic heterocycles. The van der Waals surface area contributed by atoms with Gasteiger partial charge in [0.2, 0.25) is 11.8 Å². The molecule has 3 rings (SSSR count). The lowest BCUT2D eigenvalue weighted by atomic mass is 10.1. The van der Waals surface area contributed by atoms with Gasteiger partial charge in [-0.3, -0.25) is 19.7 Å². The van der Waals surface area contributed by atoms with E-state index in [1.165, 1.54) is 23.1 Å². The molecular formula is C17H15N3O4. The SMILES string of the molecule is O=C(Nc1ccccc1)[C@@H]1CC(=O)N(c2cccc([N+](=O)[O-])c2)C1. The molecule has 0 saturated carbocycles. The number of hydrogen-bond donors (Lipinski definition) is 1. The van der Waals surface area contributed by atoms with Gasteiger partial charge in [0.1, 0.15) is 0 Å². The highest BCUT2D eigenvalue weighted by atomic mass is 16.6. The Kier molecular flexibility index (Phi) is 4.24. The van der Waals surface area contributed by atoms with Gasteiger partial charge in [-0.15, -0.1) is 0 Å². The molecule has 1 aliphatic heterocycles. The van der Waals surface area contributed by atoms with Crippen LogP contribution in [0.1, 0.15) is 6.42 Å². The molecule has 0 bridgehead atoms. The molecule has 0 radical (unpaired) electrons. The van der Waals surface area contributed by atoms with Crippen LogP contribution in [0.4, 0.5) is 17.1 Å². The molecule has 2 amide bonds. The van der Waals surface area contributed by atoms with Crippen molar-refractivity contribution in [1.29, 1.82) is 0 Å². The number of non-ortho nitro benzene ring substituents is 1. The van der Waals surface area contributed by atoms with E-state index in [1.807, 2.05) is 18.2 Å². The number of nitrogens with one attached hydrogen (secondary N) is 1. The Balaban J connectivity index is 1.72. The van der Waals surface area contributed by atoms with Crippen LogP contribution in [-0.2, 0) is 9.59 Å². The van der Waals surface area contributed by atoms with Gasteiger partial charge in [0.15, 0.2) is 0 Å². The van der Waals surface area contributed by atoms with Crippen LogP contribution < -0.4 is 10.2 Å². The van der Waals surface area contributed by atoms with E-state index >= 15 is 0 Å². The van der Waals surface area contributed by atoms with Crippen molar-refractivity contribution in [3.05, 3.63) is 64.7 Å². The van der Waals surface area contributed by atoms with Crippen molar-refractivity contribution < 1.29 is 14.5 Å². The van der Waals surface area contributed by atoms with E-state index in [0.29, 0.717) is 11.4 Å². The molecule has 1 atom stereocenters. The summed E-state index contributed by atoms with van der Waals surface area (Å²) in [5, 5.41) is 13.6. The number of benzene rings is 2. The van der Waals surface area contributed by atoms with Gasteiger partial charge in [-0.2, -0.15) is 0 Å². The van der Waals surface area contributed by atoms with Crippen LogP contribution >= 0.6 is 0 Å². The predicted octanol–water partition coefficient (Wildman–Crippen LogP) is 2.59. The summed E-state index contributed by atoms with van der Waals surface area (Å²) in [6.07, 6.45) is 0.0847. The van der Waals surface area contributed by atoms with Crippen LogP contribution in [0.25, 0.3) is 0 Å². The maximum Gasteiger partial charge on any atom is 0.271 e. The summed E-state index contributed by atoms with van der Waals surface area (Å²) < 4.78 is 0. The minimum Gasteiger partial charge on any atom is -0.326 e. The quantitative estimate of drug-likeness (QED) is 0.690. The van der Waals surface area contributed by atoms with Crippen LogP contribution in [-0.4, -0.2) is 23.3 Å². The van der Waals surface area contributed by atoms with E-state index < -0.39 is 10.8 Å². The van der Waals surface area contributed by atoms with Crippen molar-refractivity contribution in [3.63, 3.8) is 0 Å². The topological polar surface area (TPSA) is 92.6 Å². The molecule has 1 aliphatic rings. The first-order valence-electron chi connectivity index (χ1n) is 7.45. The zero-order valence-electron chi connectivity index (χ0n) is 12.7. The first-order chi connectivity index (χ1) is 11.5. The lowest BCUT2D eigenvalue weighted by Crippen LogP contribution is -2.28. The van der Waals surface area contributed by atoms with Crippen molar-refractivity contribution in [1.82, 2.24) is 0 Å². The zero-order valence-corrected chi connectivity index (χ0v) is 12.7. The fraction of sp³-hybridized carbons (Fsp3) is 0.176. The molecule has 7 nitrogen and oxygen atoms in total. The normalized spacial score (nSPS) is 16.9. The highest BCUT2D eigenvalue weighted by Gasteiger charge is 2.35. The summed E-state index contributed by atoms with van der Waals surface area (Å²) in [6.45, 7) is 0.207. The molecule has 1 saturated heterocycles. The molecule has 1 heterocycles. The van der Waals surface area contributed by atoms with Crippen LogP contribution in [0.15, 0.2) is 54.6 Å². The number of carbonyl (C=O) groups is 2. The first kappa shape index (κ1) is 15.7. The molecule has 1 fully saturated rings. The number of para-hydroxylation sites is 1. The second-order valence-electron chi connectivity index (χ2n) is 5.54. The number of nitro benzene ring substituents is 1. The van der Waals surface area contributed by atoms with Gasteiger partial charge < -0.3 is 10.2 Å². The van der Waals surface area contributed by atoms with Crippen molar-refractivity contribution in [3.8, 4) is 0 Å². The summed E-state index contributed by atoms with van der Waals surface area (Å²) in [5.41, 5.74) is 1.02. The largest absolute Gasteiger partial charge is 0.326 e. The van der Waals surface area contributed by atoms with Crippen molar-refractivity contribution in [2.45, 2.75) is 6.42 Å². The van der Waals surface area contributed by atoms with Crippen molar-refractivity contribution in [2.75, 3.05) is 16.8 Å². The van der Waals surface area contributed by atoms with Gasteiger partial charge in [-0.25, -0.2) is 0 Å². The number of amides is 2. The molecule has 24 heavy (non-hydrogen) atoms. The minimum atomic E-state index is -0.510. The third-order valence-corrected chi connectivity index (χ3v) is 3.89. The van der Waals surface area contributed by atoms with Gasteiger partial charge >= 0.3 is 0 Å². The van der Waals surface area contributed by atoms with Gasteiger partial charge in [-0.1, -0.05) is 24.3 Å². The first-order valence-corrected chi connectivity index (χ1v) is 7.45. The summed E-state index contributed by atoms with van der Waals surface area (Å²) in [5.74, 6) is -0.942. The Bertz CT molecular complexity index is 791. The molecule has 122 valence electrons. The van der Waals surface area contributed by atoms with Gasteiger partial charge in [0.25, 0.3) is 5.69 Å². The summed E-state index contributed by atoms with van der Waals surface area (Å²) in [7, 11) is 0. The molecule has 7 heteroatoms. The molecule has 0 aliphatic carbocycles. The van der Waals surface area contributed by atoms with E-state index in [-0.39, 0.29) is 30.5 Å². The monoisotopic (exact) mass is 325 g/mol. The van der Waals surface area contributed by atoms with Gasteiger partial charge in [0.05, 0.1) is 16.5 Å². The standard InChI is InChI=1S/C17H15N3O4/c21-16-9-12(17(22)18-13-5-2-1-3-6-13)11-19(16)14-7-4-8-15(10-14)20(23)24/h1-8,10,12H,9,11H2,(H,18,22)/t12-/m1/s1. The highest BCUT2D eigenvalue weighted by molar-refractivity contribution is 6.03.